The predicted octanol–water partition coefficient (Wildman–Crippen LogP) is 3.21. The monoisotopic (exact) mass is 365 g/mol. The topological polar surface area (TPSA) is 52.7 Å². The number of rotatable bonds is 6. The lowest BCUT2D eigenvalue weighted by molar-refractivity contribution is 0.0456. The van der Waals surface area contributed by atoms with Gasteiger partial charge in [0.05, 0.1) is 6.54 Å². The highest BCUT2D eigenvalue weighted by Gasteiger charge is 2.27. The molecule has 0 amide bonds. The number of pyridine rings is 1. The van der Waals surface area contributed by atoms with Gasteiger partial charge >= 0.3 is 0 Å². The van der Waals surface area contributed by atoms with Crippen LogP contribution in [0.4, 0.5) is 0 Å². The molecule has 1 saturated heterocycles. The van der Waals surface area contributed by atoms with Crippen molar-refractivity contribution in [1.29, 1.82) is 0 Å². The van der Waals surface area contributed by atoms with Crippen LogP contribution in [-0.4, -0.2) is 52.2 Å². The van der Waals surface area contributed by atoms with E-state index >= 15 is 0 Å². The van der Waals surface area contributed by atoms with Crippen molar-refractivity contribution in [2.75, 3.05) is 26.2 Å². The largest absolute Gasteiger partial charge is 0.465 e. The molecule has 2 aromatic heterocycles. The average Bonchev–Trinajstić information content (AvgIpc) is 3.09. The smallest absolute Gasteiger partial charge is 0.118 e. The molecule has 5 heteroatoms. The van der Waals surface area contributed by atoms with Crippen molar-refractivity contribution in [3.05, 3.63) is 65.9 Å². The van der Waals surface area contributed by atoms with Crippen LogP contribution in [0.15, 0.2) is 53.2 Å². The highest BCUT2D eigenvalue weighted by Crippen LogP contribution is 2.23. The molecule has 0 saturated carbocycles. The second-order valence-corrected chi connectivity index (χ2v) is 7.40. The number of furan rings is 1. The van der Waals surface area contributed by atoms with Crippen molar-refractivity contribution in [2.24, 2.45) is 0 Å². The van der Waals surface area contributed by atoms with E-state index in [-0.39, 0.29) is 6.61 Å². The summed E-state index contributed by atoms with van der Waals surface area (Å²) in [5, 5.41) is 12.0. The van der Waals surface area contributed by atoms with Crippen molar-refractivity contribution in [3.63, 3.8) is 0 Å². The number of aliphatic hydroxyl groups excluding tert-OH is 1. The zero-order chi connectivity index (χ0) is 18.6. The van der Waals surface area contributed by atoms with Crippen molar-refractivity contribution in [1.82, 2.24) is 14.8 Å². The van der Waals surface area contributed by atoms with E-state index in [1.807, 2.05) is 25.4 Å². The van der Waals surface area contributed by atoms with E-state index < -0.39 is 0 Å². The van der Waals surface area contributed by atoms with Crippen LogP contribution >= 0.6 is 0 Å². The molecule has 1 aliphatic heterocycles. The van der Waals surface area contributed by atoms with E-state index in [4.69, 9.17) is 4.42 Å². The number of hydrogen-bond donors (Lipinski definition) is 1. The Morgan fingerprint density at radius 2 is 2.07 bits per heavy atom. The standard InChI is InChI=1S/C22H27N3O2/c1-17-5-6-21(27-17)16-25-11-10-24(15-20(25)8-12-26)14-19-4-2-3-18-13-23-9-7-22(18)19/h2-7,9,13,20,26H,8,10-12,14-16H2,1H3/t20-/m0/s1. The van der Waals surface area contributed by atoms with Gasteiger partial charge in [0.25, 0.3) is 0 Å². The predicted molar refractivity (Wildman–Crippen MR) is 106 cm³/mol. The van der Waals surface area contributed by atoms with Crippen LogP contribution in [0.5, 0.6) is 0 Å². The van der Waals surface area contributed by atoms with Gasteiger partial charge in [-0.2, -0.15) is 0 Å². The lowest BCUT2D eigenvalue weighted by atomic mass is 10.0. The molecule has 5 nitrogen and oxygen atoms in total. The van der Waals surface area contributed by atoms with Crippen molar-refractivity contribution in [2.45, 2.75) is 32.5 Å². The summed E-state index contributed by atoms with van der Waals surface area (Å²) < 4.78 is 5.76. The summed E-state index contributed by atoms with van der Waals surface area (Å²) in [6.45, 7) is 6.89. The minimum Gasteiger partial charge on any atom is -0.465 e. The number of aromatic nitrogens is 1. The fourth-order valence-corrected chi connectivity index (χ4v) is 4.07. The third-order valence-electron chi connectivity index (χ3n) is 5.47. The molecule has 3 heterocycles. The Labute approximate surface area is 160 Å². The maximum Gasteiger partial charge on any atom is 0.118 e. The van der Waals surface area contributed by atoms with Crippen LogP contribution in [0.25, 0.3) is 10.8 Å². The lowest BCUT2D eigenvalue weighted by Crippen LogP contribution is -2.52. The molecular formula is C22H27N3O2. The molecule has 0 bridgehead atoms. The molecule has 0 spiro atoms. The molecular weight excluding hydrogens is 338 g/mol. The quantitative estimate of drug-likeness (QED) is 0.727. The van der Waals surface area contributed by atoms with Crippen molar-refractivity contribution < 1.29 is 9.52 Å². The molecule has 4 rings (SSSR count). The van der Waals surface area contributed by atoms with Crippen LogP contribution in [0.3, 0.4) is 0 Å². The molecule has 1 aliphatic rings. The molecule has 1 N–H and O–H groups in total. The van der Waals surface area contributed by atoms with Gasteiger partial charge in [-0.1, -0.05) is 18.2 Å². The van der Waals surface area contributed by atoms with Crippen LogP contribution in [0.1, 0.15) is 23.5 Å². The van der Waals surface area contributed by atoms with Gasteiger partial charge in [-0.15, -0.1) is 0 Å². The summed E-state index contributed by atoms with van der Waals surface area (Å²) in [6, 6.07) is 13.0. The Kier molecular flexibility index (Phi) is 5.53. The highest BCUT2D eigenvalue weighted by molar-refractivity contribution is 5.84. The van der Waals surface area contributed by atoms with Crippen LogP contribution in [-0.2, 0) is 13.1 Å². The highest BCUT2D eigenvalue weighted by atomic mass is 16.3. The Morgan fingerprint density at radius 1 is 1.15 bits per heavy atom. The Hall–Kier alpha value is -2.21. The van der Waals surface area contributed by atoms with Gasteiger partial charge in [0.1, 0.15) is 11.5 Å². The second-order valence-electron chi connectivity index (χ2n) is 7.40. The Morgan fingerprint density at radius 3 is 2.89 bits per heavy atom. The van der Waals surface area contributed by atoms with Gasteiger partial charge in [-0.25, -0.2) is 0 Å². The number of hydrogen-bond acceptors (Lipinski definition) is 5. The third kappa shape index (κ3) is 4.21. The Bertz CT molecular complexity index is 887. The van der Waals surface area contributed by atoms with Crippen LogP contribution in [0.2, 0.25) is 0 Å². The van der Waals surface area contributed by atoms with E-state index in [1.54, 1.807) is 0 Å². The maximum atomic E-state index is 9.55. The number of benzene rings is 1. The summed E-state index contributed by atoms with van der Waals surface area (Å²) in [7, 11) is 0. The normalized spacial score (nSPS) is 19.0. The summed E-state index contributed by atoms with van der Waals surface area (Å²) >= 11 is 0. The summed E-state index contributed by atoms with van der Waals surface area (Å²) in [6.07, 6.45) is 4.58. The third-order valence-corrected chi connectivity index (χ3v) is 5.47. The first-order valence-electron chi connectivity index (χ1n) is 9.67. The van der Waals surface area contributed by atoms with E-state index in [9.17, 15) is 5.11 Å². The number of aryl methyl sites for hydroxylation is 1. The van der Waals surface area contributed by atoms with Crippen molar-refractivity contribution in [3.8, 4) is 0 Å². The maximum absolute atomic E-state index is 9.55. The summed E-state index contributed by atoms with van der Waals surface area (Å²) in [5.74, 6) is 1.96. The molecule has 0 radical (unpaired) electrons. The first-order valence-corrected chi connectivity index (χ1v) is 9.67. The van der Waals surface area contributed by atoms with E-state index in [1.165, 1.54) is 16.3 Å². The van der Waals surface area contributed by atoms with Crippen LogP contribution in [0, 0.1) is 6.92 Å². The fourth-order valence-electron chi connectivity index (χ4n) is 4.07. The minimum absolute atomic E-state index is 0.214. The number of aliphatic hydroxyl groups is 1. The first-order chi connectivity index (χ1) is 13.2. The molecule has 0 unspecified atom stereocenters. The van der Waals surface area contributed by atoms with Gasteiger partial charge in [0, 0.05) is 56.6 Å². The number of fused-ring (bicyclic) bond motifs is 1. The second kappa shape index (κ2) is 8.21. The number of nitrogens with zero attached hydrogens (tertiary/aromatic N) is 3. The summed E-state index contributed by atoms with van der Waals surface area (Å²) in [4.78, 5) is 9.17. The van der Waals surface area contributed by atoms with E-state index in [0.29, 0.717) is 6.04 Å². The molecule has 1 aromatic carbocycles. The molecule has 27 heavy (non-hydrogen) atoms. The van der Waals surface area contributed by atoms with Crippen molar-refractivity contribution >= 4 is 10.8 Å². The SMILES string of the molecule is Cc1ccc(CN2CCN(Cc3cccc4cnccc34)C[C@@H]2CCO)o1. The fraction of sp³-hybridized carbons (Fsp3) is 0.409. The van der Waals surface area contributed by atoms with E-state index in [2.05, 4.69) is 45.1 Å². The van der Waals surface area contributed by atoms with Gasteiger partial charge < -0.3 is 9.52 Å². The number of piperazine rings is 1. The molecule has 142 valence electrons. The molecule has 0 aliphatic carbocycles. The molecule has 1 fully saturated rings. The molecule has 1 atom stereocenters. The van der Waals surface area contributed by atoms with Gasteiger partial charge in [0.2, 0.25) is 0 Å². The Balaban J connectivity index is 1.46. The average molecular weight is 365 g/mol. The van der Waals surface area contributed by atoms with Gasteiger partial charge in [-0.3, -0.25) is 14.8 Å². The van der Waals surface area contributed by atoms with Gasteiger partial charge in [0.15, 0.2) is 0 Å². The van der Waals surface area contributed by atoms with Gasteiger partial charge in [-0.05, 0) is 42.5 Å². The van der Waals surface area contributed by atoms with E-state index in [0.717, 1.165) is 50.7 Å². The lowest BCUT2D eigenvalue weighted by Gasteiger charge is -2.41. The summed E-state index contributed by atoms with van der Waals surface area (Å²) in [5.41, 5.74) is 1.34. The zero-order valence-electron chi connectivity index (χ0n) is 15.8. The van der Waals surface area contributed by atoms with Crippen LogP contribution < -0.4 is 0 Å². The first kappa shape index (κ1) is 18.2. The molecule has 3 aromatic rings. The zero-order valence-corrected chi connectivity index (χ0v) is 15.8. The minimum atomic E-state index is 0.214.